The van der Waals surface area contributed by atoms with Crippen molar-refractivity contribution in [1.29, 1.82) is 10.8 Å². The molecule has 2 fully saturated rings. The van der Waals surface area contributed by atoms with Crippen molar-refractivity contribution < 1.29 is 81.4 Å². The van der Waals surface area contributed by atoms with Crippen LogP contribution in [0.1, 0.15) is 281 Å². The molecule has 0 atom stereocenters. The molecule has 5 aromatic carbocycles. The molecule has 6 amide bonds. The summed E-state index contributed by atoms with van der Waals surface area (Å²) >= 11 is 14.5. The van der Waals surface area contributed by atoms with Gasteiger partial charge in [-0.2, -0.15) is 4.90 Å². The van der Waals surface area contributed by atoms with Gasteiger partial charge in [-0.3, -0.25) is 40.6 Å². The molecule has 32 heteroatoms. The third-order valence-electron chi connectivity index (χ3n) is 19.5. The number of aliphatic imine (C=N–C) groups is 2. The van der Waals surface area contributed by atoms with Crippen LogP contribution in [-0.4, -0.2) is 187 Å². The van der Waals surface area contributed by atoms with Gasteiger partial charge in [-0.15, -0.1) is 33.2 Å². The first-order chi connectivity index (χ1) is 63.4. The Morgan fingerprint density at radius 2 is 0.763 bits per heavy atom. The molecule has 0 radical (unpaired) electrons. The first kappa shape index (κ1) is 121. The minimum Gasteiger partial charge on any atom is -0.464 e. The molecule has 29 nitrogen and oxygen atoms in total. The number of esters is 2. The normalized spacial score (nSPS) is 11.9. The third kappa shape index (κ3) is 69.2. The molecule has 0 bridgehead atoms. The third-order valence-corrected chi connectivity index (χ3v) is 19.6. The molecule has 2 saturated heterocycles. The van der Waals surface area contributed by atoms with E-state index in [0.717, 1.165) is 77.7 Å². The average Bonchev–Trinajstić information content (AvgIpc) is 1.67. The molecule has 0 aromatic heterocycles. The Morgan fingerprint density at radius 3 is 1.06 bits per heavy atom. The highest BCUT2D eigenvalue weighted by atomic mass is 35.5. The molecular weight excluding hydrogens is 1740 g/mol. The van der Waals surface area contributed by atoms with E-state index in [1.54, 1.807) is 50.3 Å². The molecule has 2 aliphatic rings. The van der Waals surface area contributed by atoms with E-state index >= 15 is 0 Å². The fraction of sp³-hybridized carbons (Fsp3) is 0.566. The zero-order valence-electron chi connectivity index (χ0n) is 79.5. The number of benzene rings is 5. The van der Waals surface area contributed by atoms with Gasteiger partial charge in [0.1, 0.15) is 52.7 Å². The minimum atomic E-state index is -0.916. The lowest BCUT2D eigenvalue weighted by Crippen LogP contribution is -2.45. The SMILES string of the molecule is CC.CCCCCCCCCCCCCCCCCCOC(=O)CN(C)C(=N)N.CCCCCCCCCCCCCCCCCCOC(=O)CN(C)C(=NC(=O)OCc1ccccc1)NC(=O)OCc1ccccc1.CCCCO.CN1CC(=O)N(C(=O)OCc2ccccc2)C1=NC(=O)OCc1ccccc1.CN1CC(=O)NC1=N.ClCCl.O=C(Cl)OCc1ccccc1. The zero-order chi connectivity index (χ0) is 97.0. The second kappa shape index (κ2) is 83.9. The maximum Gasteiger partial charge on any atom is 0.437 e. The van der Waals surface area contributed by atoms with Crippen LogP contribution in [-0.2, 0) is 85.4 Å². The monoisotopic (exact) mass is 1890 g/mol. The van der Waals surface area contributed by atoms with Crippen LogP contribution in [0.4, 0.5) is 24.0 Å². The number of carbonyl (C=O) groups is 9. The Bertz CT molecular complexity index is 3870. The highest BCUT2D eigenvalue weighted by Crippen LogP contribution is 2.19. The van der Waals surface area contributed by atoms with Crippen molar-refractivity contribution >= 4 is 112 Å². The summed E-state index contributed by atoms with van der Waals surface area (Å²) in [5.41, 5.74) is 8.61. The fourth-order valence-electron chi connectivity index (χ4n) is 12.2. The van der Waals surface area contributed by atoms with Crippen molar-refractivity contribution in [1.82, 2.24) is 35.1 Å². The molecule has 7 rings (SSSR count). The Hall–Kier alpha value is -10.4. The van der Waals surface area contributed by atoms with Gasteiger partial charge in [-0.05, 0) is 47.1 Å². The van der Waals surface area contributed by atoms with Gasteiger partial charge in [0.15, 0.2) is 11.9 Å². The van der Waals surface area contributed by atoms with Gasteiger partial charge in [0.25, 0.3) is 5.91 Å². The Kier molecular flexibility index (Phi) is 77.3. The number of carbonyl (C=O) groups excluding carboxylic acids is 9. The van der Waals surface area contributed by atoms with Crippen molar-refractivity contribution in [2.24, 2.45) is 15.7 Å². The molecule has 7 N–H and O–H groups in total. The van der Waals surface area contributed by atoms with Gasteiger partial charge < -0.3 is 63.6 Å². The molecule has 0 saturated carbocycles. The van der Waals surface area contributed by atoms with Crippen molar-refractivity contribution in [2.75, 3.05) is 79.5 Å². The molecule has 2 heterocycles. The Labute approximate surface area is 795 Å². The summed E-state index contributed by atoms with van der Waals surface area (Å²) in [6.45, 7) is 12.1. The predicted molar refractivity (Wildman–Crippen MR) is 523 cm³/mol. The smallest absolute Gasteiger partial charge is 0.437 e. The quantitative estimate of drug-likeness (QED) is 0.00400. The van der Waals surface area contributed by atoms with Gasteiger partial charge in [0.05, 0.1) is 25.1 Å². The minimum absolute atomic E-state index is 0.00109. The van der Waals surface area contributed by atoms with E-state index in [1.165, 1.54) is 195 Å². The van der Waals surface area contributed by atoms with E-state index in [-0.39, 0.29) is 93.7 Å². The van der Waals surface area contributed by atoms with E-state index in [4.69, 9.17) is 84.9 Å². The molecule has 2 aliphatic heterocycles. The summed E-state index contributed by atoms with van der Waals surface area (Å²) in [5, 5.41) is 27.2. The number of aliphatic hydroxyl groups excluding tert-OH is 1. The fourth-order valence-corrected chi connectivity index (χ4v) is 12.3. The number of unbranched alkanes of at least 4 members (excludes halogenated alkanes) is 31. The van der Waals surface area contributed by atoms with Gasteiger partial charge in [-0.25, -0.2) is 24.0 Å². The second-order valence-electron chi connectivity index (χ2n) is 30.8. The van der Waals surface area contributed by atoms with E-state index in [9.17, 15) is 43.2 Å². The first-order valence-corrected chi connectivity index (χ1v) is 47.9. The Morgan fingerprint density at radius 1 is 0.450 bits per heavy atom. The molecule has 0 aliphatic carbocycles. The van der Waals surface area contributed by atoms with Crippen LogP contribution in [0.2, 0.25) is 0 Å². The molecule has 732 valence electrons. The second-order valence-corrected chi connectivity index (χ2v) is 31.9. The number of ether oxygens (including phenoxy) is 7. The highest BCUT2D eigenvalue weighted by Gasteiger charge is 2.39. The highest BCUT2D eigenvalue weighted by molar-refractivity contribution is 6.61. The summed E-state index contributed by atoms with van der Waals surface area (Å²) in [6.07, 6.45) is 40.3. The van der Waals surface area contributed by atoms with Crippen molar-refractivity contribution in [2.45, 2.75) is 286 Å². The number of nitrogens with one attached hydrogen (secondary N) is 4. The summed E-state index contributed by atoms with van der Waals surface area (Å²) in [4.78, 5) is 120. The lowest BCUT2D eigenvalue weighted by Gasteiger charge is -2.20. The Balaban J connectivity index is 0.00000172. The summed E-state index contributed by atoms with van der Waals surface area (Å²) in [6, 6.07) is 45.9. The lowest BCUT2D eigenvalue weighted by atomic mass is 10.0. The molecule has 0 spiro atoms. The number of nitrogens with two attached hydrogens (primary N) is 1. The predicted octanol–water partition coefficient (Wildman–Crippen LogP) is 22.5. The molecule has 131 heavy (non-hydrogen) atoms. The number of hydrogen-bond acceptors (Lipinski definition) is 19. The van der Waals surface area contributed by atoms with Gasteiger partial charge in [0.2, 0.25) is 17.8 Å². The van der Waals surface area contributed by atoms with Crippen LogP contribution in [0.5, 0.6) is 0 Å². The van der Waals surface area contributed by atoms with Crippen molar-refractivity contribution in [3.63, 3.8) is 0 Å². The number of alkyl carbamates (subject to hydrolysis) is 1. The van der Waals surface area contributed by atoms with E-state index in [2.05, 4.69) is 46.1 Å². The summed E-state index contributed by atoms with van der Waals surface area (Å²) in [5.74, 6) is -1.66. The molecule has 0 unspecified atom stereocenters. The number of imide groups is 1. The maximum absolute atomic E-state index is 12.5. The van der Waals surface area contributed by atoms with Crippen LogP contribution in [0.15, 0.2) is 162 Å². The topological polar surface area (TPSA) is 377 Å². The first-order valence-electron chi connectivity index (χ1n) is 46.5. The standard InChI is InChI=1S/C38H57N3O6.C22H45N3O2.C20H19N3O5.C8H7ClO2.C4H7N3O.C4H10O.C2H6.CH2Cl2/c1-3-4-5-6-7-8-9-10-11-12-13-14-15-16-17-24-29-45-35(42)30-41(2)36(39-37(43)46-31-33-25-20-18-21-26-33)40-38(44)47-32-34-27-22-19-23-28-34;1-3-4-5-6-7-8-9-10-11-12-13-14-15-16-17-18-19-27-21(26)20-25(2)22(23)24;1-22-12-17(24)23(20(26)28-14-16-10-6-3-7-11-16)18(22)21-19(25)27-13-15-8-4-2-5-9-15;9-8(10)11-6-7-4-2-1-3-5-7;1-7-2-3(8)6-4(7)5;1-2-3-4-5;1-2;2-1-3/h18-23,25-28H,3-17,24,29-32H2,1-2H3,(H,39,40,43,44);3-20H2,1-2H3,(H3,23,24);2-11H,12-14H2,1H3;1-5H,6H2;2H2,1H3,(H2,5,6,8);5H,2-4H2,1H3;1-2H3;1H2. The number of alkyl halides is 2. The lowest BCUT2D eigenvalue weighted by molar-refractivity contribution is -0.144. The van der Waals surface area contributed by atoms with Gasteiger partial charge in [-0.1, -0.05) is 385 Å². The number of guanidine groups is 4. The number of hydrogen-bond donors (Lipinski definition) is 6. The van der Waals surface area contributed by atoms with Crippen molar-refractivity contribution in [3.05, 3.63) is 179 Å². The number of halogens is 3. The van der Waals surface area contributed by atoms with Crippen LogP contribution in [0.25, 0.3) is 0 Å². The summed E-state index contributed by atoms with van der Waals surface area (Å²) in [7, 11) is 6.38. The van der Waals surface area contributed by atoms with E-state index in [1.807, 2.05) is 141 Å². The number of amides is 6. The van der Waals surface area contributed by atoms with E-state index in [0.29, 0.717) is 26.4 Å². The summed E-state index contributed by atoms with van der Waals surface area (Å²) < 4.78 is 35.9. The molecular formula is C99H153Cl3N12O17. The molecule has 5 aromatic rings. The van der Waals surface area contributed by atoms with Gasteiger partial charge >= 0.3 is 41.7 Å². The van der Waals surface area contributed by atoms with Crippen LogP contribution >= 0.6 is 34.8 Å². The van der Waals surface area contributed by atoms with Crippen LogP contribution in [0, 0.1) is 10.8 Å². The van der Waals surface area contributed by atoms with Gasteiger partial charge in [0, 0.05) is 46.4 Å². The van der Waals surface area contributed by atoms with Crippen LogP contribution in [0.3, 0.4) is 0 Å². The number of rotatable bonds is 50. The van der Waals surface area contributed by atoms with E-state index < -0.39 is 41.7 Å². The maximum atomic E-state index is 12.5. The number of nitrogens with zero attached hydrogens (tertiary/aromatic N) is 7. The largest absolute Gasteiger partial charge is 0.464 e. The van der Waals surface area contributed by atoms with Crippen LogP contribution < -0.4 is 16.4 Å². The zero-order valence-corrected chi connectivity index (χ0v) is 81.8. The average molecular weight is 1890 g/mol. The van der Waals surface area contributed by atoms with Crippen molar-refractivity contribution in [3.8, 4) is 0 Å². The number of likely N-dealkylation sites (N-methyl/N-ethyl adjacent to an activating group) is 4. The number of aliphatic hydroxyl groups is 1.